The maximum Gasteiger partial charge on any atom is 0.0861 e. The van der Waals surface area contributed by atoms with Crippen molar-refractivity contribution < 1.29 is 4.84 Å². The van der Waals surface area contributed by atoms with Crippen LogP contribution in [0.1, 0.15) is 0 Å². The van der Waals surface area contributed by atoms with Crippen molar-refractivity contribution in [3.05, 3.63) is 12.7 Å². The van der Waals surface area contributed by atoms with Gasteiger partial charge in [-0.15, -0.1) is 6.58 Å². The third-order valence-corrected chi connectivity index (χ3v) is 0.550. The normalized spacial score (nSPS) is 9.12. The van der Waals surface area contributed by atoms with Gasteiger partial charge in [0.15, 0.2) is 0 Å². The van der Waals surface area contributed by atoms with E-state index < -0.39 is 0 Å². The Morgan fingerprint density at radius 1 is 1.75 bits per heavy atom. The molecule has 0 radical (unpaired) electrons. The van der Waals surface area contributed by atoms with Gasteiger partial charge in [0.05, 0.1) is 6.61 Å². The Kier molecular flexibility index (Phi) is 6.31. The minimum atomic E-state index is 0.528. The predicted octanol–water partition coefficient (Wildman–Crippen LogP) is -0.348. The minimum Gasteiger partial charge on any atom is -0.329 e. The second kappa shape index (κ2) is 6.62. The van der Waals surface area contributed by atoms with Crippen LogP contribution < -0.4 is 11.2 Å². The Morgan fingerprint density at radius 3 is 3.00 bits per heavy atom. The van der Waals surface area contributed by atoms with Crippen molar-refractivity contribution in [1.82, 2.24) is 5.48 Å². The fraction of sp³-hybridized carbons (Fsp3) is 0.600. The summed E-state index contributed by atoms with van der Waals surface area (Å²) in [6, 6.07) is 0. The molecule has 0 saturated carbocycles. The topological polar surface area (TPSA) is 47.3 Å². The zero-order valence-corrected chi connectivity index (χ0v) is 4.89. The van der Waals surface area contributed by atoms with Crippen molar-refractivity contribution in [2.45, 2.75) is 0 Å². The third kappa shape index (κ3) is 5.62. The van der Waals surface area contributed by atoms with E-state index >= 15 is 0 Å². The molecule has 3 N–H and O–H groups in total. The number of rotatable bonds is 5. The van der Waals surface area contributed by atoms with Crippen molar-refractivity contribution in [1.29, 1.82) is 0 Å². The van der Waals surface area contributed by atoms with Crippen LogP contribution in [0.25, 0.3) is 0 Å². The monoisotopic (exact) mass is 116 g/mol. The molecule has 0 aliphatic heterocycles. The van der Waals surface area contributed by atoms with Gasteiger partial charge < -0.3 is 5.73 Å². The predicted molar refractivity (Wildman–Crippen MR) is 33.2 cm³/mol. The highest BCUT2D eigenvalue weighted by molar-refractivity contribution is 4.62. The van der Waals surface area contributed by atoms with E-state index in [9.17, 15) is 0 Å². The number of nitrogens with two attached hydrogens (primary N) is 1. The molecule has 48 valence electrons. The second-order valence-corrected chi connectivity index (χ2v) is 1.28. The van der Waals surface area contributed by atoms with Gasteiger partial charge >= 0.3 is 0 Å². The smallest absolute Gasteiger partial charge is 0.0861 e. The molecule has 0 unspecified atom stereocenters. The second-order valence-electron chi connectivity index (χ2n) is 1.28. The third-order valence-electron chi connectivity index (χ3n) is 0.550. The summed E-state index contributed by atoms with van der Waals surface area (Å²) < 4.78 is 0. The molecule has 0 aliphatic carbocycles. The van der Waals surface area contributed by atoms with Gasteiger partial charge in [-0.25, -0.2) is 5.48 Å². The van der Waals surface area contributed by atoms with Crippen LogP contribution in [0.2, 0.25) is 0 Å². The van der Waals surface area contributed by atoms with Crippen molar-refractivity contribution in [2.24, 2.45) is 5.73 Å². The standard InChI is InChI=1S/C5H12N2O/c1-2-5-8-7-4-3-6/h2,7H,1,3-6H2. The fourth-order valence-corrected chi connectivity index (χ4v) is 0.249. The Morgan fingerprint density at radius 2 is 2.50 bits per heavy atom. The molecule has 0 aromatic heterocycles. The van der Waals surface area contributed by atoms with Crippen LogP contribution in [-0.2, 0) is 4.84 Å². The molecule has 8 heavy (non-hydrogen) atoms. The van der Waals surface area contributed by atoms with E-state index in [-0.39, 0.29) is 0 Å². The van der Waals surface area contributed by atoms with Crippen molar-refractivity contribution in [2.75, 3.05) is 19.7 Å². The van der Waals surface area contributed by atoms with Gasteiger partial charge in [0.25, 0.3) is 0 Å². The lowest BCUT2D eigenvalue weighted by Crippen LogP contribution is -2.22. The van der Waals surface area contributed by atoms with Crippen LogP contribution in [0, 0.1) is 0 Å². The molecule has 0 atom stereocenters. The Balaban J connectivity index is 2.62. The average molecular weight is 116 g/mol. The molecule has 0 fully saturated rings. The molecule has 0 aliphatic rings. The van der Waals surface area contributed by atoms with E-state index in [0.717, 1.165) is 0 Å². The summed E-state index contributed by atoms with van der Waals surface area (Å²) in [5, 5.41) is 0. The number of hydrogen-bond acceptors (Lipinski definition) is 3. The van der Waals surface area contributed by atoms with Gasteiger partial charge in [-0.1, -0.05) is 6.08 Å². The van der Waals surface area contributed by atoms with Gasteiger partial charge in [0.2, 0.25) is 0 Å². The van der Waals surface area contributed by atoms with E-state index in [1.165, 1.54) is 0 Å². The van der Waals surface area contributed by atoms with Gasteiger partial charge in [0.1, 0.15) is 0 Å². The maximum atomic E-state index is 5.14. The molecule has 0 amide bonds. The maximum absolute atomic E-state index is 5.14. The average Bonchev–Trinajstić information content (AvgIpc) is 1.81. The van der Waals surface area contributed by atoms with E-state index in [1.807, 2.05) is 0 Å². The van der Waals surface area contributed by atoms with E-state index in [2.05, 4.69) is 12.1 Å². The molecule has 3 nitrogen and oxygen atoms in total. The molecular formula is C5H12N2O. The lowest BCUT2D eigenvalue weighted by molar-refractivity contribution is 0.0649. The highest BCUT2D eigenvalue weighted by Crippen LogP contribution is 1.64. The Hall–Kier alpha value is -0.380. The van der Waals surface area contributed by atoms with Gasteiger partial charge in [-0.05, 0) is 0 Å². The molecule has 3 heteroatoms. The largest absolute Gasteiger partial charge is 0.329 e. The summed E-state index contributed by atoms with van der Waals surface area (Å²) in [5.41, 5.74) is 7.78. The quantitative estimate of drug-likeness (QED) is 0.293. The van der Waals surface area contributed by atoms with Crippen molar-refractivity contribution in [3.63, 3.8) is 0 Å². The zero-order chi connectivity index (χ0) is 6.24. The minimum absolute atomic E-state index is 0.528. The molecule has 0 spiro atoms. The van der Waals surface area contributed by atoms with Crippen LogP contribution in [-0.4, -0.2) is 19.7 Å². The summed E-state index contributed by atoms with van der Waals surface area (Å²) in [5.74, 6) is 0. The van der Waals surface area contributed by atoms with Crippen LogP contribution >= 0.6 is 0 Å². The summed E-state index contributed by atoms with van der Waals surface area (Å²) >= 11 is 0. The van der Waals surface area contributed by atoms with Crippen LogP contribution in [0.3, 0.4) is 0 Å². The van der Waals surface area contributed by atoms with E-state index in [1.54, 1.807) is 6.08 Å². The van der Waals surface area contributed by atoms with E-state index in [0.29, 0.717) is 19.7 Å². The molecule has 0 saturated heterocycles. The molecular weight excluding hydrogens is 104 g/mol. The lowest BCUT2D eigenvalue weighted by atomic mass is 10.7. The van der Waals surface area contributed by atoms with Crippen LogP contribution in [0.4, 0.5) is 0 Å². The SMILES string of the molecule is C=CCONCCN. The zero-order valence-electron chi connectivity index (χ0n) is 4.89. The summed E-state index contributed by atoms with van der Waals surface area (Å²) in [6.07, 6.45) is 1.67. The highest BCUT2D eigenvalue weighted by Gasteiger charge is 1.77. The highest BCUT2D eigenvalue weighted by atomic mass is 16.6. The van der Waals surface area contributed by atoms with Crippen molar-refractivity contribution >= 4 is 0 Å². The Labute approximate surface area is 49.5 Å². The van der Waals surface area contributed by atoms with E-state index in [4.69, 9.17) is 10.6 Å². The molecule has 0 aromatic rings. The summed E-state index contributed by atoms with van der Waals surface area (Å²) in [6.45, 7) is 5.27. The first-order valence-electron chi connectivity index (χ1n) is 2.57. The fourth-order valence-electron chi connectivity index (χ4n) is 0.249. The Bertz CT molecular complexity index is 56.4. The van der Waals surface area contributed by atoms with Gasteiger partial charge in [-0.2, -0.15) is 0 Å². The first-order chi connectivity index (χ1) is 3.91. The van der Waals surface area contributed by atoms with Crippen LogP contribution in [0.5, 0.6) is 0 Å². The van der Waals surface area contributed by atoms with Crippen molar-refractivity contribution in [3.8, 4) is 0 Å². The number of hydroxylamine groups is 1. The number of hydrogen-bond donors (Lipinski definition) is 2. The lowest BCUT2D eigenvalue weighted by Gasteiger charge is -1.98. The number of nitrogens with one attached hydrogen (secondary N) is 1. The summed E-state index contributed by atoms with van der Waals surface area (Å²) in [4.78, 5) is 4.78. The summed E-state index contributed by atoms with van der Waals surface area (Å²) in [7, 11) is 0. The molecule has 0 bridgehead atoms. The van der Waals surface area contributed by atoms with Crippen LogP contribution in [0.15, 0.2) is 12.7 Å². The first kappa shape index (κ1) is 7.62. The first-order valence-corrected chi connectivity index (χ1v) is 2.57. The molecule has 0 aromatic carbocycles. The van der Waals surface area contributed by atoms with Gasteiger partial charge in [-0.3, -0.25) is 4.84 Å². The molecule has 0 heterocycles. The molecule has 0 rings (SSSR count). The van der Waals surface area contributed by atoms with Gasteiger partial charge in [0, 0.05) is 13.1 Å².